The summed E-state index contributed by atoms with van der Waals surface area (Å²) in [6, 6.07) is 6.07. The van der Waals surface area contributed by atoms with Crippen molar-refractivity contribution in [2.45, 2.75) is 20.8 Å². The zero-order valence-electron chi connectivity index (χ0n) is 16.0. The molecule has 7 nitrogen and oxygen atoms in total. The largest absolute Gasteiger partial charge is 0.372 e. The van der Waals surface area contributed by atoms with Gasteiger partial charge in [-0.2, -0.15) is 0 Å². The molecule has 2 heterocycles. The molecule has 2 amide bonds. The number of nitrogens with zero attached hydrogens (tertiary/aromatic N) is 4. The van der Waals surface area contributed by atoms with E-state index in [-0.39, 0.29) is 17.7 Å². The smallest absolute Gasteiger partial charge is 0.274 e. The molecule has 1 aliphatic heterocycles. The molecule has 0 aliphatic carbocycles. The summed E-state index contributed by atoms with van der Waals surface area (Å²) in [5, 5.41) is 2.99. The summed E-state index contributed by atoms with van der Waals surface area (Å²) in [5.41, 5.74) is 3.30. The molecular formula is C20H25N5O2. The third-order valence-electron chi connectivity index (χ3n) is 4.92. The lowest BCUT2D eigenvalue weighted by molar-refractivity contribution is -0.123. The fourth-order valence-electron chi connectivity index (χ4n) is 3.19. The maximum absolute atomic E-state index is 12.5. The Morgan fingerprint density at radius 1 is 1.22 bits per heavy atom. The first-order chi connectivity index (χ1) is 13.0. The lowest BCUT2D eigenvalue weighted by Crippen LogP contribution is -2.54. The number of carbonyl (C=O) groups excluding carboxylic acids is 2. The van der Waals surface area contributed by atoms with Crippen molar-refractivity contribution >= 4 is 23.2 Å². The van der Waals surface area contributed by atoms with Gasteiger partial charge in [-0.25, -0.2) is 4.98 Å². The minimum Gasteiger partial charge on any atom is -0.372 e. The Morgan fingerprint density at radius 2 is 1.96 bits per heavy atom. The molecule has 0 radical (unpaired) electrons. The molecule has 142 valence electrons. The maximum atomic E-state index is 12.5. The van der Waals surface area contributed by atoms with Crippen LogP contribution in [0.15, 0.2) is 36.8 Å². The van der Waals surface area contributed by atoms with E-state index in [1.165, 1.54) is 18.6 Å². The summed E-state index contributed by atoms with van der Waals surface area (Å²) in [4.78, 5) is 36.5. The number of carbonyl (C=O) groups is 2. The van der Waals surface area contributed by atoms with Crippen molar-refractivity contribution in [3.05, 3.63) is 48.0 Å². The Bertz CT molecular complexity index is 814. The second-order valence-corrected chi connectivity index (χ2v) is 6.66. The van der Waals surface area contributed by atoms with E-state index in [1.54, 1.807) is 4.90 Å². The Hall–Kier alpha value is -2.96. The Morgan fingerprint density at radius 3 is 2.56 bits per heavy atom. The Kier molecular flexibility index (Phi) is 5.69. The summed E-state index contributed by atoms with van der Waals surface area (Å²) in [7, 11) is 0. The highest BCUT2D eigenvalue weighted by molar-refractivity contribution is 5.98. The van der Waals surface area contributed by atoms with E-state index in [2.05, 4.69) is 40.1 Å². The highest BCUT2D eigenvalue weighted by Crippen LogP contribution is 2.25. The van der Waals surface area contributed by atoms with Gasteiger partial charge in [0.15, 0.2) is 0 Å². The second-order valence-electron chi connectivity index (χ2n) is 6.66. The number of aromatic nitrogens is 2. The van der Waals surface area contributed by atoms with E-state index in [0.717, 1.165) is 30.0 Å². The van der Waals surface area contributed by atoms with E-state index in [4.69, 9.17) is 0 Å². The molecule has 0 bridgehead atoms. The summed E-state index contributed by atoms with van der Waals surface area (Å²) >= 11 is 0. The molecule has 0 atom stereocenters. The molecular weight excluding hydrogens is 342 g/mol. The zero-order chi connectivity index (χ0) is 19.4. The van der Waals surface area contributed by atoms with Gasteiger partial charge in [0.05, 0.1) is 12.1 Å². The molecule has 1 N–H and O–H groups in total. The number of nitrogens with one attached hydrogen (secondary N) is 1. The molecule has 7 heteroatoms. The number of hydrogen-bond acceptors (Lipinski definition) is 5. The van der Waals surface area contributed by atoms with E-state index in [1.807, 2.05) is 19.1 Å². The quantitative estimate of drug-likeness (QED) is 0.848. The minimum atomic E-state index is -0.201. The molecule has 2 aromatic rings. The van der Waals surface area contributed by atoms with Crippen LogP contribution in [0.3, 0.4) is 0 Å². The van der Waals surface area contributed by atoms with Gasteiger partial charge < -0.3 is 15.1 Å². The lowest BCUT2D eigenvalue weighted by Gasteiger charge is -2.38. The van der Waals surface area contributed by atoms with Crippen molar-refractivity contribution in [3.8, 4) is 0 Å². The van der Waals surface area contributed by atoms with Crippen LogP contribution in [0.2, 0.25) is 0 Å². The molecule has 3 rings (SSSR count). The number of amides is 2. The monoisotopic (exact) mass is 367 g/mol. The molecule has 0 saturated carbocycles. The highest BCUT2D eigenvalue weighted by Gasteiger charge is 2.36. The van der Waals surface area contributed by atoms with Crippen molar-refractivity contribution < 1.29 is 9.59 Å². The van der Waals surface area contributed by atoms with Gasteiger partial charge in [-0.1, -0.05) is 0 Å². The minimum absolute atomic E-state index is 0.0584. The zero-order valence-corrected chi connectivity index (χ0v) is 16.0. The van der Waals surface area contributed by atoms with Crippen LogP contribution in [-0.2, 0) is 4.79 Å². The lowest BCUT2D eigenvalue weighted by atomic mass is 9.98. The van der Waals surface area contributed by atoms with E-state index >= 15 is 0 Å². The molecule has 0 spiro atoms. The van der Waals surface area contributed by atoms with Crippen LogP contribution in [-0.4, -0.2) is 52.9 Å². The van der Waals surface area contributed by atoms with Crippen LogP contribution < -0.4 is 10.2 Å². The normalized spacial score (nSPS) is 13.8. The van der Waals surface area contributed by atoms with Crippen molar-refractivity contribution in [2.24, 2.45) is 5.92 Å². The van der Waals surface area contributed by atoms with Crippen LogP contribution in [0.1, 0.15) is 29.9 Å². The predicted octanol–water partition coefficient (Wildman–Crippen LogP) is 2.34. The third-order valence-corrected chi connectivity index (χ3v) is 4.92. The number of benzene rings is 1. The van der Waals surface area contributed by atoms with Gasteiger partial charge in [-0.05, 0) is 44.5 Å². The van der Waals surface area contributed by atoms with E-state index in [0.29, 0.717) is 18.8 Å². The molecule has 1 aromatic carbocycles. The highest BCUT2D eigenvalue weighted by atomic mass is 16.2. The summed E-state index contributed by atoms with van der Waals surface area (Å²) in [6.45, 7) is 8.93. The topological polar surface area (TPSA) is 78.4 Å². The summed E-state index contributed by atoms with van der Waals surface area (Å²) in [5.74, 6) is -0.448. The number of likely N-dealkylation sites (tertiary alicyclic amines) is 1. The van der Waals surface area contributed by atoms with Crippen molar-refractivity contribution in [3.63, 3.8) is 0 Å². The standard InChI is InChI=1S/C20H25N5O2/c1-4-24(5-2)16-6-7-17(14(3)10-16)23-19(26)15-12-25(13-15)20(27)18-11-21-8-9-22-18/h6-11,15H,4-5,12-13H2,1-3H3,(H,23,26). The van der Waals surface area contributed by atoms with E-state index in [9.17, 15) is 9.59 Å². The fourth-order valence-corrected chi connectivity index (χ4v) is 3.19. The van der Waals surface area contributed by atoms with Gasteiger partial charge in [-0.3, -0.25) is 14.6 Å². The number of rotatable bonds is 6. The maximum Gasteiger partial charge on any atom is 0.274 e. The van der Waals surface area contributed by atoms with Gasteiger partial charge in [0.2, 0.25) is 5.91 Å². The van der Waals surface area contributed by atoms with Gasteiger partial charge in [0.1, 0.15) is 5.69 Å². The molecule has 1 aliphatic rings. The van der Waals surface area contributed by atoms with Crippen molar-refractivity contribution in [1.29, 1.82) is 0 Å². The molecule has 1 fully saturated rings. The SMILES string of the molecule is CCN(CC)c1ccc(NC(=O)C2CN(C(=O)c3cnccn3)C2)c(C)c1. The molecule has 1 saturated heterocycles. The van der Waals surface area contributed by atoms with Gasteiger partial charge in [0.25, 0.3) is 5.91 Å². The molecule has 27 heavy (non-hydrogen) atoms. The van der Waals surface area contributed by atoms with Crippen LogP contribution in [0.5, 0.6) is 0 Å². The first-order valence-corrected chi connectivity index (χ1v) is 9.25. The first-order valence-electron chi connectivity index (χ1n) is 9.25. The average Bonchev–Trinajstić information content (AvgIpc) is 2.64. The van der Waals surface area contributed by atoms with Crippen LogP contribution in [0, 0.1) is 12.8 Å². The van der Waals surface area contributed by atoms with E-state index < -0.39 is 0 Å². The number of hydrogen-bond donors (Lipinski definition) is 1. The Labute approximate surface area is 159 Å². The Balaban J connectivity index is 1.57. The van der Waals surface area contributed by atoms with Gasteiger partial charge >= 0.3 is 0 Å². The van der Waals surface area contributed by atoms with Gasteiger partial charge in [0, 0.05) is 49.9 Å². The van der Waals surface area contributed by atoms with Crippen LogP contribution >= 0.6 is 0 Å². The fraction of sp³-hybridized carbons (Fsp3) is 0.400. The van der Waals surface area contributed by atoms with Crippen molar-refractivity contribution in [1.82, 2.24) is 14.9 Å². The first kappa shape index (κ1) is 18.8. The number of anilines is 2. The summed E-state index contributed by atoms with van der Waals surface area (Å²) in [6.07, 6.45) is 4.45. The molecule has 0 unspecified atom stereocenters. The van der Waals surface area contributed by atoms with Crippen molar-refractivity contribution in [2.75, 3.05) is 36.4 Å². The second kappa shape index (κ2) is 8.16. The van der Waals surface area contributed by atoms with Crippen LogP contribution in [0.4, 0.5) is 11.4 Å². The van der Waals surface area contributed by atoms with Crippen LogP contribution in [0.25, 0.3) is 0 Å². The predicted molar refractivity (Wildman–Crippen MR) is 105 cm³/mol. The summed E-state index contributed by atoms with van der Waals surface area (Å²) < 4.78 is 0. The van der Waals surface area contributed by atoms with Gasteiger partial charge in [-0.15, -0.1) is 0 Å². The molecule has 1 aromatic heterocycles. The average molecular weight is 367 g/mol. The third kappa shape index (κ3) is 4.07. The number of aryl methyl sites for hydroxylation is 1.